The van der Waals surface area contributed by atoms with Gasteiger partial charge in [0.2, 0.25) is 15.9 Å². The van der Waals surface area contributed by atoms with Crippen molar-refractivity contribution >= 4 is 10.0 Å². The van der Waals surface area contributed by atoms with Crippen LogP contribution >= 0.6 is 0 Å². The maximum Gasteiger partial charge on any atom is 0.455 e. The highest BCUT2D eigenvalue weighted by atomic mass is 32.2. The van der Waals surface area contributed by atoms with Crippen LogP contribution in [-0.2, 0) is 16.2 Å². The number of benzene rings is 1. The van der Waals surface area contributed by atoms with Crippen LogP contribution in [0.4, 0.5) is 13.2 Å². The highest BCUT2D eigenvalue weighted by Gasteiger charge is 2.38. The maximum atomic E-state index is 12.4. The summed E-state index contributed by atoms with van der Waals surface area (Å²) in [7, 11) is -3.91. The summed E-state index contributed by atoms with van der Waals surface area (Å²) in [5, 5.41) is 2.78. The Labute approximate surface area is 124 Å². The first-order valence-corrected chi connectivity index (χ1v) is 7.58. The predicted molar refractivity (Wildman–Crippen MR) is 69.2 cm³/mol. The van der Waals surface area contributed by atoms with Gasteiger partial charge in [-0.2, -0.15) is 22.9 Å². The van der Waals surface area contributed by atoms with E-state index in [1.807, 2.05) is 0 Å². The van der Waals surface area contributed by atoms with Gasteiger partial charge in [0.05, 0.1) is 10.9 Å². The van der Waals surface area contributed by atoms with Gasteiger partial charge >= 0.3 is 6.18 Å². The standard InChI is InChI=1S/C12H12F3N3O3S/c1-7-3-5-9(6-4-7)22(19,20)18-8(2)10-16-11(17-21-10)12(13,14)15/h3-6,8,18H,1-2H3. The molecular weight excluding hydrogens is 323 g/mol. The molecule has 1 unspecified atom stereocenters. The van der Waals surface area contributed by atoms with Crippen molar-refractivity contribution in [1.82, 2.24) is 14.9 Å². The Hall–Kier alpha value is -1.94. The first kappa shape index (κ1) is 16.4. The molecule has 6 nitrogen and oxygen atoms in total. The van der Waals surface area contributed by atoms with Crippen LogP contribution in [0, 0.1) is 6.92 Å². The van der Waals surface area contributed by atoms with Crippen LogP contribution in [0.1, 0.15) is 30.2 Å². The lowest BCUT2D eigenvalue weighted by Gasteiger charge is -2.10. The summed E-state index contributed by atoms with van der Waals surface area (Å²) in [6, 6.07) is 4.88. The minimum Gasteiger partial charge on any atom is -0.337 e. The molecule has 1 aromatic carbocycles. The second kappa shape index (κ2) is 5.69. The molecule has 0 amide bonds. The van der Waals surface area contributed by atoms with Gasteiger partial charge in [-0.15, -0.1) is 0 Å². The number of halogens is 3. The van der Waals surface area contributed by atoms with Gasteiger partial charge in [-0.1, -0.05) is 22.9 Å². The number of hydrogen-bond donors (Lipinski definition) is 1. The largest absolute Gasteiger partial charge is 0.455 e. The van der Waals surface area contributed by atoms with Crippen molar-refractivity contribution in [3.8, 4) is 0 Å². The Bertz CT molecular complexity index is 754. The first-order chi connectivity index (χ1) is 10.1. The fourth-order valence-corrected chi connectivity index (χ4v) is 2.79. The van der Waals surface area contributed by atoms with E-state index in [2.05, 4.69) is 19.4 Å². The predicted octanol–water partition coefficient (Wildman–Crippen LogP) is 2.44. The molecule has 0 aliphatic heterocycles. The number of rotatable bonds is 4. The van der Waals surface area contributed by atoms with Crippen molar-refractivity contribution in [3.63, 3.8) is 0 Å². The lowest BCUT2D eigenvalue weighted by Crippen LogP contribution is -2.27. The minimum absolute atomic E-state index is 0.0134. The Morgan fingerprint density at radius 1 is 1.23 bits per heavy atom. The number of aromatic nitrogens is 2. The fourth-order valence-electron chi connectivity index (χ4n) is 1.59. The third-order valence-electron chi connectivity index (χ3n) is 2.73. The summed E-state index contributed by atoms with van der Waals surface area (Å²) in [5.41, 5.74) is 0.874. The van der Waals surface area contributed by atoms with Crippen LogP contribution in [0.3, 0.4) is 0 Å². The second-order valence-corrected chi connectivity index (χ2v) is 6.32. The Kier molecular flexibility index (Phi) is 4.25. The third kappa shape index (κ3) is 3.63. The molecule has 1 atom stereocenters. The zero-order valence-electron chi connectivity index (χ0n) is 11.5. The van der Waals surface area contributed by atoms with Crippen molar-refractivity contribution < 1.29 is 26.1 Å². The van der Waals surface area contributed by atoms with E-state index < -0.39 is 34.0 Å². The SMILES string of the molecule is Cc1ccc(S(=O)(=O)NC(C)c2nc(C(F)(F)F)no2)cc1. The monoisotopic (exact) mass is 335 g/mol. The van der Waals surface area contributed by atoms with Gasteiger partial charge in [0.1, 0.15) is 0 Å². The van der Waals surface area contributed by atoms with Gasteiger partial charge in [0.15, 0.2) is 0 Å². The average molecular weight is 335 g/mol. The van der Waals surface area contributed by atoms with Gasteiger partial charge in [-0.25, -0.2) is 8.42 Å². The molecule has 0 fully saturated rings. The first-order valence-electron chi connectivity index (χ1n) is 6.09. The summed E-state index contributed by atoms with van der Waals surface area (Å²) in [6.07, 6.45) is -4.75. The number of sulfonamides is 1. The van der Waals surface area contributed by atoms with Crippen LogP contribution in [0.5, 0.6) is 0 Å². The van der Waals surface area contributed by atoms with Crippen LogP contribution < -0.4 is 4.72 Å². The van der Waals surface area contributed by atoms with E-state index in [0.29, 0.717) is 0 Å². The summed E-state index contributed by atoms with van der Waals surface area (Å²) < 4.78 is 68.0. The summed E-state index contributed by atoms with van der Waals surface area (Å²) in [4.78, 5) is 3.13. The lowest BCUT2D eigenvalue weighted by atomic mass is 10.2. The third-order valence-corrected chi connectivity index (χ3v) is 4.29. The molecule has 10 heteroatoms. The van der Waals surface area contributed by atoms with E-state index in [0.717, 1.165) is 5.56 Å². The lowest BCUT2D eigenvalue weighted by molar-refractivity contribution is -0.146. The Balaban J connectivity index is 2.19. The van der Waals surface area contributed by atoms with Gasteiger partial charge in [-0.05, 0) is 26.0 Å². The molecule has 1 N–H and O–H groups in total. The molecule has 0 saturated carbocycles. The summed E-state index contributed by atoms with van der Waals surface area (Å²) >= 11 is 0. The van der Waals surface area contributed by atoms with Gasteiger partial charge in [-0.3, -0.25) is 0 Å². The molecule has 22 heavy (non-hydrogen) atoms. The molecule has 1 aromatic heterocycles. The molecule has 0 spiro atoms. The van der Waals surface area contributed by atoms with Crippen molar-refractivity contribution in [1.29, 1.82) is 0 Å². The van der Waals surface area contributed by atoms with Crippen LogP contribution in [-0.4, -0.2) is 18.6 Å². The molecule has 0 bridgehead atoms. The quantitative estimate of drug-likeness (QED) is 0.927. The van der Waals surface area contributed by atoms with Gasteiger partial charge in [0, 0.05) is 0 Å². The number of nitrogens with one attached hydrogen (secondary N) is 1. The molecule has 2 aromatic rings. The minimum atomic E-state index is -4.75. The molecule has 1 heterocycles. The molecule has 0 radical (unpaired) electrons. The molecular formula is C12H12F3N3O3S. The molecule has 120 valence electrons. The van der Waals surface area contributed by atoms with Crippen molar-refractivity contribution in [2.75, 3.05) is 0 Å². The van der Waals surface area contributed by atoms with E-state index in [1.54, 1.807) is 19.1 Å². The van der Waals surface area contributed by atoms with Gasteiger partial charge < -0.3 is 4.52 Å². The van der Waals surface area contributed by atoms with Crippen molar-refractivity contribution in [2.24, 2.45) is 0 Å². The number of hydrogen-bond acceptors (Lipinski definition) is 5. The zero-order chi connectivity index (χ0) is 16.5. The van der Waals surface area contributed by atoms with E-state index in [1.165, 1.54) is 19.1 Å². The molecule has 2 rings (SSSR count). The van der Waals surface area contributed by atoms with Crippen LogP contribution in [0.2, 0.25) is 0 Å². The van der Waals surface area contributed by atoms with E-state index >= 15 is 0 Å². The van der Waals surface area contributed by atoms with E-state index in [4.69, 9.17) is 0 Å². The molecule has 0 aliphatic carbocycles. The number of alkyl halides is 3. The van der Waals surface area contributed by atoms with Crippen molar-refractivity contribution in [3.05, 3.63) is 41.5 Å². The maximum absolute atomic E-state index is 12.4. The number of aryl methyl sites for hydroxylation is 1. The molecule has 0 aliphatic rings. The number of nitrogens with zero attached hydrogens (tertiary/aromatic N) is 2. The van der Waals surface area contributed by atoms with Crippen LogP contribution in [0.15, 0.2) is 33.7 Å². The highest BCUT2D eigenvalue weighted by molar-refractivity contribution is 7.89. The normalized spacial score (nSPS) is 14.0. The van der Waals surface area contributed by atoms with E-state index in [9.17, 15) is 21.6 Å². The Morgan fingerprint density at radius 2 is 1.82 bits per heavy atom. The van der Waals surface area contributed by atoms with Crippen LogP contribution in [0.25, 0.3) is 0 Å². The zero-order valence-corrected chi connectivity index (χ0v) is 12.4. The van der Waals surface area contributed by atoms with Gasteiger partial charge in [0.25, 0.3) is 5.82 Å². The van der Waals surface area contributed by atoms with Crippen molar-refractivity contribution in [2.45, 2.75) is 31.0 Å². The summed E-state index contributed by atoms with van der Waals surface area (Å²) in [5.74, 6) is -1.92. The highest BCUT2D eigenvalue weighted by Crippen LogP contribution is 2.27. The Morgan fingerprint density at radius 3 is 2.32 bits per heavy atom. The molecule has 0 saturated heterocycles. The topological polar surface area (TPSA) is 85.1 Å². The fraction of sp³-hybridized carbons (Fsp3) is 0.333. The summed E-state index contributed by atoms with van der Waals surface area (Å²) in [6.45, 7) is 3.10. The smallest absolute Gasteiger partial charge is 0.337 e. The van der Waals surface area contributed by atoms with E-state index in [-0.39, 0.29) is 4.90 Å². The second-order valence-electron chi connectivity index (χ2n) is 4.61. The average Bonchev–Trinajstić information content (AvgIpc) is 2.88.